The van der Waals surface area contributed by atoms with Gasteiger partial charge in [-0.25, -0.2) is 4.98 Å². The van der Waals surface area contributed by atoms with Crippen LogP contribution in [0.15, 0.2) is 5.38 Å². The molecule has 1 atom stereocenters. The molecule has 0 aromatic carbocycles. The van der Waals surface area contributed by atoms with Crippen LogP contribution in [0.4, 0.5) is 0 Å². The first kappa shape index (κ1) is 13.0. The predicted molar refractivity (Wildman–Crippen MR) is 70.9 cm³/mol. The summed E-state index contributed by atoms with van der Waals surface area (Å²) in [5.74, 6) is 1.24. The van der Waals surface area contributed by atoms with Crippen molar-refractivity contribution in [2.45, 2.75) is 32.7 Å². The minimum atomic E-state index is 0.459. The number of aromatic nitrogens is 1. The Hall–Kier alpha value is -0.0600. The van der Waals surface area contributed by atoms with E-state index in [1.165, 1.54) is 23.6 Å². The minimum absolute atomic E-state index is 0.459. The van der Waals surface area contributed by atoms with E-state index < -0.39 is 0 Å². The second-order valence-corrected chi connectivity index (χ2v) is 5.45. The first-order valence-electron chi connectivity index (χ1n) is 5.42. The van der Waals surface area contributed by atoms with Gasteiger partial charge in [-0.3, -0.25) is 0 Å². The van der Waals surface area contributed by atoms with Gasteiger partial charge < -0.3 is 5.32 Å². The minimum Gasteiger partial charge on any atom is -0.308 e. The Balaban J connectivity index is 2.49. The number of nitrogens with zero attached hydrogens (tertiary/aromatic N) is 1. The normalized spacial score (nSPS) is 13.0. The average Bonchev–Trinajstić information content (AvgIpc) is 2.64. The fourth-order valence-corrected chi connectivity index (χ4v) is 2.88. The van der Waals surface area contributed by atoms with Crippen LogP contribution in [0.5, 0.6) is 0 Å². The summed E-state index contributed by atoms with van der Waals surface area (Å²) in [4.78, 5) is 4.56. The zero-order chi connectivity index (χ0) is 11.1. The van der Waals surface area contributed by atoms with Gasteiger partial charge in [-0.1, -0.05) is 6.92 Å². The molecule has 2 nitrogen and oxygen atoms in total. The summed E-state index contributed by atoms with van der Waals surface area (Å²) in [6.07, 6.45) is 4.62. The Morgan fingerprint density at radius 3 is 2.93 bits per heavy atom. The monoisotopic (exact) mass is 244 g/mol. The SMILES string of the molecule is CCNC(CCCSC)c1nc(C)cs1. The zero-order valence-electron chi connectivity index (χ0n) is 9.75. The largest absolute Gasteiger partial charge is 0.308 e. The molecule has 0 bridgehead atoms. The third-order valence-electron chi connectivity index (χ3n) is 2.23. The summed E-state index contributed by atoms with van der Waals surface area (Å²) in [5.41, 5.74) is 1.14. The van der Waals surface area contributed by atoms with Crippen molar-refractivity contribution in [2.75, 3.05) is 18.6 Å². The molecule has 0 amide bonds. The molecule has 0 spiro atoms. The first-order chi connectivity index (χ1) is 7.27. The molecule has 1 heterocycles. The molecule has 0 aliphatic heterocycles. The van der Waals surface area contributed by atoms with Gasteiger partial charge in [0.25, 0.3) is 0 Å². The molecule has 0 saturated heterocycles. The molecule has 4 heteroatoms. The molecule has 1 aromatic heterocycles. The smallest absolute Gasteiger partial charge is 0.110 e. The number of aryl methyl sites for hydroxylation is 1. The van der Waals surface area contributed by atoms with Gasteiger partial charge >= 0.3 is 0 Å². The number of hydrogen-bond acceptors (Lipinski definition) is 4. The van der Waals surface area contributed by atoms with Crippen molar-refractivity contribution in [3.63, 3.8) is 0 Å². The Labute approximate surface area is 101 Å². The second-order valence-electron chi connectivity index (χ2n) is 3.57. The van der Waals surface area contributed by atoms with Crippen LogP contribution in [-0.2, 0) is 0 Å². The van der Waals surface area contributed by atoms with Gasteiger partial charge in [0.2, 0.25) is 0 Å². The van der Waals surface area contributed by atoms with E-state index in [1.807, 2.05) is 11.8 Å². The van der Waals surface area contributed by atoms with Gasteiger partial charge in [0.1, 0.15) is 5.01 Å². The van der Waals surface area contributed by atoms with Gasteiger partial charge in [0, 0.05) is 11.1 Å². The first-order valence-corrected chi connectivity index (χ1v) is 7.69. The van der Waals surface area contributed by atoms with Gasteiger partial charge in [0.05, 0.1) is 6.04 Å². The third-order valence-corrected chi connectivity index (χ3v) is 4.00. The summed E-state index contributed by atoms with van der Waals surface area (Å²) >= 11 is 3.69. The summed E-state index contributed by atoms with van der Waals surface area (Å²) in [5, 5.41) is 6.89. The Morgan fingerprint density at radius 2 is 2.40 bits per heavy atom. The quantitative estimate of drug-likeness (QED) is 0.745. The van der Waals surface area contributed by atoms with Crippen LogP contribution < -0.4 is 5.32 Å². The van der Waals surface area contributed by atoms with Crippen molar-refractivity contribution in [2.24, 2.45) is 0 Å². The van der Waals surface area contributed by atoms with Crippen LogP contribution >= 0.6 is 23.1 Å². The van der Waals surface area contributed by atoms with Crippen molar-refractivity contribution >= 4 is 23.1 Å². The third kappa shape index (κ3) is 4.53. The van der Waals surface area contributed by atoms with Crippen LogP contribution in [-0.4, -0.2) is 23.5 Å². The molecule has 86 valence electrons. The van der Waals surface area contributed by atoms with Crippen molar-refractivity contribution < 1.29 is 0 Å². The lowest BCUT2D eigenvalue weighted by Crippen LogP contribution is -2.20. The summed E-state index contributed by atoms with van der Waals surface area (Å²) in [6, 6.07) is 0.459. The van der Waals surface area contributed by atoms with Crippen molar-refractivity contribution in [1.82, 2.24) is 10.3 Å². The van der Waals surface area contributed by atoms with Gasteiger partial charge in [-0.15, -0.1) is 11.3 Å². The number of rotatable bonds is 7. The Kier molecular flexibility index (Phi) is 6.29. The van der Waals surface area contributed by atoms with E-state index in [9.17, 15) is 0 Å². The lowest BCUT2D eigenvalue weighted by molar-refractivity contribution is 0.508. The zero-order valence-corrected chi connectivity index (χ0v) is 11.4. The molecule has 15 heavy (non-hydrogen) atoms. The van der Waals surface area contributed by atoms with Crippen LogP contribution in [0, 0.1) is 6.92 Å². The van der Waals surface area contributed by atoms with E-state index in [4.69, 9.17) is 0 Å². The van der Waals surface area contributed by atoms with Crippen molar-refractivity contribution in [3.8, 4) is 0 Å². The Bertz CT molecular complexity index is 273. The molecule has 0 fully saturated rings. The predicted octanol–water partition coefficient (Wildman–Crippen LogP) is 3.25. The summed E-state index contributed by atoms with van der Waals surface area (Å²) in [7, 11) is 0. The maximum Gasteiger partial charge on any atom is 0.110 e. The molecule has 0 aliphatic carbocycles. The summed E-state index contributed by atoms with van der Waals surface area (Å²) in [6.45, 7) is 5.23. The highest BCUT2D eigenvalue weighted by atomic mass is 32.2. The van der Waals surface area contributed by atoms with Crippen molar-refractivity contribution in [1.29, 1.82) is 0 Å². The molecule has 0 saturated carbocycles. The van der Waals surface area contributed by atoms with Crippen LogP contribution in [0.2, 0.25) is 0 Å². The number of thioether (sulfide) groups is 1. The molecule has 0 aliphatic rings. The standard InChI is InChI=1S/C11H20N2S2/c1-4-12-10(6-5-7-14-3)11-13-9(2)8-15-11/h8,10,12H,4-7H2,1-3H3. The molecule has 1 aromatic rings. The van der Waals surface area contributed by atoms with Gasteiger partial charge in [-0.2, -0.15) is 11.8 Å². The molecule has 1 rings (SSSR count). The molecule has 1 N–H and O–H groups in total. The van der Waals surface area contributed by atoms with Gasteiger partial charge in [0.15, 0.2) is 0 Å². The highest BCUT2D eigenvalue weighted by Crippen LogP contribution is 2.22. The number of thiazole rings is 1. The highest BCUT2D eigenvalue weighted by molar-refractivity contribution is 7.98. The van der Waals surface area contributed by atoms with Crippen LogP contribution in [0.1, 0.15) is 36.5 Å². The lowest BCUT2D eigenvalue weighted by Gasteiger charge is -2.14. The van der Waals surface area contributed by atoms with Crippen LogP contribution in [0.25, 0.3) is 0 Å². The molecule has 0 radical (unpaired) electrons. The van der Waals surface area contributed by atoms with Gasteiger partial charge in [-0.05, 0) is 38.3 Å². The maximum absolute atomic E-state index is 4.56. The maximum atomic E-state index is 4.56. The fourth-order valence-electron chi connectivity index (χ4n) is 1.52. The lowest BCUT2D eigenvalue weighted by atomic mass is 10.2. The molecular formula is C11H20N2S2. The van der Waals surface area contributed by atoms with E-state index >= 15 is 0 Å². The van der Waals surface area contributed by atoms with E-state index in [-0.39, 0.29) is 0 Å². The second kappa shape index (κ2) is 7.25. The number of nitrogens with one attached hydrogen (secondary N) is 1. The van der Waals surface area contributed by atoms with E-state index in [0.29, 0.717) is 6.04 Å². The highest BCUT2D eigenvalue weighted by Gasteiger charge is 2.12. The number of hydrogen-bond donors (Lipinski definition) is 1. The van der Waals surface area contributed by atoms with E-state index in [0.717, 1.165) is 12.2 Å². The summed E-state index contributed by atoms with van der Waals surface area (Å²) < 4.78 is 0. The molecular weight excluding hydrogens is 224 g/mol. The van der Waals surface area contributed by atoms with E-state index in [2.05, 4.69) is 35.8 Å². The van der Waals surface area contributed by atoms with Crippen molar-refractivity contribution in [3.05, 3.63) is 16.1 Å². The topological polar surface area (TPSA) is 24.9 Å². The Morgan fingerprint density at radius 1 is 1.60 bits per heavy atom. The molecule has 1 unspecified atom stereocenters. The fraction of sp³-hybridized carbons (Fsp3) is 0.727. The van der Waals surface area contributed by atoms with E-state index in [1.54, 1.807) is 11.3 Å². The average molecular weight is 244 g/mol. The van der Waals surface area contributed by atoms with Crippen LogP contribution in [0.3, 0.4) is 0 Å².